The summed E-state index contributed by atoms with van der Waals surface area (Å²) in [5, 5.41) is 8.66. The third kappa shape index (κ3) is 2.65. The molecule has 0 aromatic carbocycles. The highest BCUT2D eigenvalue weighted by Gasteiger charge is 2.53. The fourth-order valence-electron chi connectivity index (χ4n) is 1.34. The summed E-state index contributed by atoms with van der Waals surface area (Å²) in [6.07, 6.45) is -4.17. The number of alkyl halides is 4. The normalized spacial score (nSPS) is 21.7. The number of hydrogen-bond acceptors (Lipinski definition) is 3. The highest BCUT2D eigenvalue weighted by molar-refractivity contribution is 5.88. The summed E-state index contributed by atoms with van der Waals surface area (Å²) < 4.78 is 54.2. The van der Waals surface area contributed by atoms with Crippen molar-refractivity contribution in [3.63, 3.8) is 0 Å². The average molecular weight is 259 g/mol. The number of nitrogens with zero attached hydrogens (tertiary/aromatic N) is 1. The van der Waals surface area contributed by atoms with Crippen molar-refractivity contribution in [2.24, 2.45) is 0 Å². The maximum Gasteiger partial charge on any atom is 0.383 e. The number of ether oxygens (including phenoxy) is 1. The zero-order valence-electron chi connectivity index (χ0n) is 8.41. The second kappa shape index (κ2) is 4.86. The molecule has 5 nitrogen and oxygen atoms in total. The molecule has 1 N–H and O–H groups in total. The van der Waals surface area contributed by atoms with Crippen LogP contribution in [0.25, 0.3) is 0 Å². The number of carbonyl (C=O) groups is 2. The van der Waals surface area contributed by atoms with Crippen molar-refractivity contribution in [2.45, 2.75) is 18.4 Å². The van der Waals surface area contributed by atoms with Gasteiger partial charge in [0.2, 0.25) is 0 Å². The van der Waals surface area contributed by atoms with Crippen LogP contribution in [0.5, 0.6) is 0 Å². The Morgan fingerprint density at radius 3 is 2.47 bits per heavy atom. The van der Waals surface area contributed by atoms with Crippen LogP contribution in [-0.4, -0.2) is 60.0 Å². The largest absolute Gasteiger partial charge is 0.480 e. The van der Waals surface area contributed by atoms with E-state index >= 15 is 0 Å². The topological polar surface area (TPSA) is 66.8 Å². The summed E-state index contributed by atoms with van der Waals surface area (Å²) in [4.78, 5) is 22.0. The molecule has 0 aromatic rings. The number of carboxylic acids is 1. The van der Waals surface area contributed by atoms with Gasteiger partial charge in [-0.2, -0.15) is 8.78 Å². The highest BCUT2D eigenvalue weighted by atomic mass is 19.3. The van der Waals surface area contributed by atoms with Crippen LogP contribution in [0, 0.1) is 0 Å². The number of morpholine rings is 1. The molecule has 1 aliphatic rings. The zero-order valence-corrected chi connectivity index (χ0v) is 8.41. The number of amides is 1. The van der Waals surface area contributed by atoms with Crippen LogP contribution in [-0.2, 0) is 14.3 Å². The van der Waals surface area contributed by atoms with Gasteiger partial charge in [-0.25, -0.2) is 13.6 Å². The second-order valence-electron chi connectivity index (χ2n) is 3.35. The van der Waals surface area contributed by atoms with Crippen molar-refractivity contribution in [3.05, 3.63) is 0 Å². The first-order valence-electron chi connectivity index (χ1n) is 4.56. The maximum absolute atomic E-state index is 12.8. The number of hydrogen-bond donors (Lipinski definition) is 1. The van der Waals surface area contributed by atoms with E-state index in [-0.39, 0.29) is 11.5 Å². The first-order chi connectivity index (χ1) is 7.78. The van der Waals surface area contributed by atoms with Crippen molar-refractivity contribution < 1.29 is 37.0 Å². The van der Waals surface area contributed by atoms with Gasteiger partial charge in [0.25, 0.3) is 5.91 Å². The molecule has 0 spiro atoms. The smallest absolute Gasteiger partial charge is 0.383 e. The van der Waals surface area contributed by atoms with E-state index in [1.807, 2.05) is 0 Å². The SMILES string of the molecule is O=C(O)C1COCCN1C(=O)C(F)(F)C(F)F. The van der Waals surface area contributed by atoms with Gasteiger partial charge < -0.3 is 14.7 Å². The van der Waals surface area contributed by atoms with E-state index in [9.17, 15) is 27.2 Å². The second-order valence-corrected chi connectivity index (χ2v) is 3.35. The van der Waals surface area contributed by atoms with Crippen LogP contribution in [0.1, 0.15) is 0 Å². The van der Waals surface area contributed by atoms with E-state index in [2.05, 4.69) is 4.74 Å². The predicted octanol–water partition coefficient (Wildman–Crippen LogP) is 0.199. The molecule has 17 heavy (non-hydrogen) atoms. The molecule has 1 unspecified atom stereocenters. The van der Waals surface area contributed by atoms with Crippen molar-refractivity contribution in [1.29, 1.82) is 0 Å². The van der Waals surface area contributed by atoms with Gasteiger partial charge in [0.1, 0.15) is 0 Å². The molecule has 98 valence electrons. The summed E-state index contributed by atoms with van der Waals surface area (Å²) >= 11 is 0. The van der Waals surface area contributed by atoms with Crippen molar-refractivity contribution in [3.8, 4) is 0 Å². The number of rotatable bonds is 3. The fourth-order valence-corrected chi connectivity index (χ4v) is 1.34. The van der Waals surface area contributed by atoms with Crippen molar-refractivity contribution >= 4 is 11.9 Å². The molecular weight excluding hydrogens is 250 g/mol. The fraction of sp³-hybridized carbons (Fsp3) is 0.750. The Morgan fingerprint density at radius 1 is 1.41 bits per heavy atom. The molecule has 0 radical (unpaired) electrons. The van der Waals surface area contributed by atoms with Gasteiger partial charge in [0.05, 0.1) is 13.2 Å². The van der Waals surface area contributed by atoms with E-state index in [1.165, 1.54) is 0 Å². The maximum atomic E-state index is 12.8. The lowest BCUT2D eigenvalue weighted by atomic mass is 10.2. The summed E-state index contributed by atoms with van der Waals surface area (Å²) in [5.41, 5.74) is 0. The third-order valence-corrected chi connectivity index (χ3v) is 2.23. The molecule has 9 heteroatoms. The molecule has 1 atom stereocenters. The Bertz CT molecular complexity index is 323. The Labute approximate surface area is 92.9 Å². The van der Waals surface area contributed by atoms with Gasteiger partial charge >= 0.3 is 18.3 Å². The number of halogens is 4. The molecule has 0 aromatic heterocycles. The Morgan fingerprint density at radius 2 is 2.00 bits per heavy atom. The number of carboxylic acid groups (broad SMARTS) is 1. The van der Waals surface area contributed by atoms with Crippen LogP contribution < -0.4 is 0 Å². The molecular formula is C8H9F4NO4. The molecule has 1 amide bonds. The molecule has 0 bridgehead atoms. The molecule has 0 saturated carbocycles. The summed E-state index contributed by atoms with van der Waals surface area (Å²) in [5.74, 6) is -8.66. The lowest BCUT2D eigenvalue weighted by Crippen LogP contribution is -2.58. The zero-order chi connectivity index (χ0) is 13.2. The number of carbonyl (C=O) groups excluding carboxylic acids is 1. The summed E-state index contributed by atoms with van der Waals surface area (Å²) in [6.45, 7) is -1.13. The quantitative estimate of drug-likeness (QED) is 0.735. The predicted molar refractivity (Wildman–Crippen MR) is 44.9 cm³/mol. The molecule has 1 aliphatic heterocycles. The van der Waals surface area contributed by atoms with E-state index in [0.29, 0.717) is 0 Å². The Kier molecular flexibility index (Phi) is 3.91. The molecule has 1 heterocycles. The van der Waals surface area contributed by atoms with Crippen LogP contribution in [0.4, 0.5) is 17.6 Å². The van der Waals surface area contributed by atoms with E-state index in [0.717, 1.165) is 0 Å². The molecule has 1 saturated heterocycles. The minimum atomic E-state index is -4.88. The first-order valence-corrected chi connectivity index (χ1v) is 4.56. The third-order valence-electron chi connectivity index (χ3n) is 2.23. The highest BCUT2D eigenvalue weighted by Crippen LogP contribution is 2.27. The Balaban J connectivity index is 2.89. The Hall–Kier alpha value is -1.38. The summed E-state index contributed by atoms with van der Waals surface area (Å²) in [6, 6.07) is -1.67. The molecule has 1 rings (SSSR count). The van der Waals surface area contributed by atoms with E-state index in [4.69, 9.17) is 5.11 Å². The van der Waals surface area contributed by atoms with Crippen LogP contribution in [0.15, 0.2) is 0 Å². The van der Waals surface area contributed by atoms with Gasteiger partial charge in [0, 0.05) is 6.54 Å². The van der Waals surface area contributed by atoms with Gasteiger partial charge in [-0.3, -0.25) is 4.79 Å². The number of aliphatic carboxylic acids is 1. The van der Waals surface area contributed by atoms with Crippen molar-refractivity contribution in [2.75, 3.05) is 19.8 Å². The van der Waals surface area contributed by atoms with Gasteiger partial charge in [-0.1, -0.05) is 0 Å². The van der Waals surface area contributed by atoms with Gasteiger partial charge in [-0.05, 0) is 0 Å². The van der Waals surface area contributed by atoms with E-state index in [1.54, 1.807) is 0 Å². The van der Waals surface area contributed by atoms with Crippen LogP contribution >= 0.6 is 0 Å². The first kappa shape index (κ1) is 13.7. The average Bonchev–Trinajstić information content (AvgIpc) is 2.27. The minimum Gasteiger partial charge on any atom is -0.480 e. The van der Waals surface area contributed by atoms with Crippen molar-refractivity contribution in [1.82, 2.24) is 4.90 Å². The monoisotopic (exact) mass is 259 g/mol. The van der Waals surface area contributed by atoms with Gasteiger partial charge in [0.15, 0.2) is 6.04 Å². The minimum absolute atomic E-state index is 0.172. The van der Waals surface area contributed by atoms with E-state index < -0.39 is 43.4 Å². The lowest BCUT2D eigenvalue weighted by molar-refractivity contribution is -0.191. The van der Waals surface area contributed by atoms with Crippen LogP contribution in [0.2, 0.25) is 0 Å². The van der Waals surface area contributed by atoms with Gasteiger partial charge in [-0.15, -0.1) is 0 Å². The molecule has 0 aliphatic carbocycles. The lowest BCUT2D eigenvalue weighted by Gasteiger charge is -2.34. The van der Waals surface area contributed by atoms with Crippen LogP contribution in [0.3, 0.4) is 0 Å². The summed E-state index contributed by atoms with van der Waals surface area (Å²) in [7, 11) is 0. The molecule has 1 fully saturated rings. The standard InChI is InChI=1S/C8H9F4NO4/c9-6(10)8(11,12)7(16)13-1-2-17-3-4(13)5(14)15/h4,6H,1-3H2,(H,14,15).